The molecule has 222 valence electrons. The van der Waals surface area contributed by atoms with Gasteiger partial charge >= 0.3 is 0 Å². The molecule has 1 N–H and O–H groups in total. The molecule has 7 heteroatoms. The number of anilines is 4. The maximum Gasteiger partial charge on any atom is 0.119 e. The molecule has 4 aromatic rings. The van der Waals surface area contributed by atoms with Crippen LogP contribution in [0.4, 0.5) is 22.7 Å². The van der Waals surface area contributed by atoms with Crippen molar-refractivity contribution in [1.29, 1.82) is 0 Å². The van der Waals surface area contributed by atoms with E-state index in [1.165, 1.54) is 0 Å². The van der Waals surface area contributed by atoms with Crippen molar-refractivity contribution in [1.82, 2.24) is 4.98 Å². The molecule has 1 aromatic heterocycles. The van der Waals surface area contributed by atoms with E-state index in [0.717, 1.165) is 57.4 Å². The lowest BCUT2D eigenvalue weighted by Crippen LogP contribution is -2.47. The number of hydrogen-bond donors (Lipinski definition) is 1. The first-order chi connectivity index (χ1) is 20.7. The van der Waals surface area contributed by atoms with Crippen molar-refractivity contribution < 1.29 is 14.6 Å². The molecule has 43 heavy (non-hydrogen) atoms. The molecule has 1 aliphatic heterocycles. The lowest BCUT2D eigenvalue weighted by molar-refractivity contribution is -0.0946. The lowest BCUT2D eigenvalue weighted by atomic mass is 9.87. The molecule has 1 saturated heterocycles. The van der Waals surface area contributed by atoms with Gasteiger partial charge in [-0.15, -0.1) is 0 Å². The summed E-state index contributed by atoms with van der Waals surface area (Å²) < 4.78 is 11.0. The summed E-state index contributed by atoms with van der Waals surface area (Å²) in [6.45, 7) is 10.8. The first-order valence-electron chi connectivity index (χ1n) is 14.4. The Morgan fingerprint density at radius 2 is 1.63 bits per heavy atom. The van der Waals surface area contributed by atoms with Gasteiger partial charge in [0.15, 0.2) is 0 Å². The first-order valence-corrected chi connectivity index (χ1v) is 14.8. The third-order valence-electron chi connectivity index (χ3n) is 7.75. The molecule has 6 nitrogen and oxygen atoms in total. The van der Waals surface area contributed by atoms with Crippen LogP contribution >= 0.6 is 11.6 Å². The van der Waals surface area contributed by atoms with Gasteiger partial charge < -0.3 is 24.4 Å². The van der Waals surface area contributed by atoms with Crippen molar-refractivity contribution in [3.8, 4) is 5.75 Å². The highest BCUT2D eigenvalue weighted by molar-refractivity contribution is 6.30. The van der Waals surface area contributed by atoms with Crippen LogP contribution in [0, 0.1) is 5.41 Å². The van der Waals surface area contributed by atoms with Gasteiger partial charge in [0.25, 0.3) is 0 Å². The Kier molecular flexibility index (Phi) is 9.09. The quantitative estimate of drug-likeness (QED) is 0.175. The lowest BCUT2D eigenvalue weighted by Gasteiger charge is -2.42. The van der Waals surface area contributed by atoms with E-state index in [-0.39, 0.29) is 11.2 Å². The number of benzene rings is 3. The van der Waals surface area contributed by atoms with Crippen LogP contribution in [0.15, 0.2) is 97.7 Å². The van der Waals surface area contributed by atoms with Crippen molar-refractivity contribution in [3.63, 3.8) is 0 Å². The molecular formula is C36H38ClN3O3. The van der Waals surface area contributed by atoms with E-state index in [2.05, 4.69) is 41.5 Å². The Morgan fingerprint density at radius 3 is 2.21 bits per heavy atom. The average molecular weight is 596 g/mol. The van der Waals surface area contributed by atoms with E-state index in [4.69, 9.17) is 26.1 Å². The molecule has 0 bridgehead atoms. The monoisotopic (exact) mass is 595 g/mol. The van der Waals surface area contributed by atoms with Gasteiger partial charge in [-0.2, -0.15) is 0 Å². The van der Waals surface area contributed by atoms with E-state index in [9.17, 15) is 5.11 Å². The second-order valence-corrected chi connectivity index (χ2v) is 11.7. The Hall–Kier alpha value is -4.26. The van der Waals surface area contributed by atoms with Crippen molar-refractivity contribution in [2.45, 2.75) is 20.3 Å². The van der Waals surface area contributed by atoms with Gasteiger partial charge in [0.2, 0.25) is 0 Å². The first kappa shape index (κ1) is 30.2. The van der Waals surface area contributed by atoms with E-state index >= 15 is 0 Å². The zero-order chi connectivity index (χ0) is 30.6. The normalized spacial score (nSPS) is 14.1. The number of halogens is 1. The van der Waals surface area contributed by atoms with Crippen LogP contribution in [0.1, 0.15) is 37.1 Å². The highest BCUT2D eigenvalue weighted by Crippen LogP contribution is 2.38. The summed E-state index contributed by atoms with van der Waals surface area (Å²) in [5, 5.41) is 11.7. The summed E-state index contributed by atoms with van der Waals surface area (Å²) in [6, 6.07) is 25.9. The predicted molar refractivity (Wildman–Crippen MR) is 178 cm³/mol. The molecule has 0 unspecified atom stereocenters. The Bertz CT molecular complexity index is 1590. The zero-order valence-corrected chi connectivity index (χ0v) is 25.9. The second-order valence-electron chi connectivity index (χ2n) is 11.3. The molecule has 0 amide bonds. The van der Waals surface area contributed by atoms with Gasteiger partial charge in [-0.25, -0.2) is 0 Å². The van der Waals surface area contributed by atoms with Crippen molar-refractivity contribution in [2.75, 3.05) is 43.7 Å². The number of methoxy groups -OCH3 is 1. The molecule has 0 radical (unpaired) electrons. The van der Waals surface area contributed by atoms with Gasteiger partial charge in [0, 0.05) is 52.2 Å². The number of hydrogen-bond acceptors (Lipinski definition) is 6. The van der Waals surface area contributed by atoms with Crippen LogP contribution in [-0.4, -0.2) is 44.0 Å². The van der Waals surface area contributed by atoms with E-state index in [1.54, 1.807) is 7.11 Å². The molecule has 2 heterocycles. The summed E-state index contributed by atoms with van der Waals surface area (Å²) >= 11 is 6.07. The number of aromatic nitrogens is 1. The Labute approximate surface area is 259 Å². The fourth-order valence-corrected chi connectivity index (χ4v) is 5.27. The summed E-state index contributed by atoms with van der Waals surface area (Å²) in [6.07, 6.45) is 4.38. The van der Waals surface area contributed by atoms with Crippen molar-refractivity contribution in [3.05, 3.63) is 120 Å². The number of nitrogens with zero attached hydrogens (tertiary/aromatic N) is 3. The molecule has 1 aliphatic rings. The van der Waals surface area contributed by atoms with Gasteiger partial charge in [0.1, 0.15) is 11.5 Å². The maximum atomic E-state index is 11.0. The predicted octanol–water partition coefficient (Wildman–Crippen LogP) is 9.06. The minimum atomic E-state index is 0.00189. The molecule has 3 aromatic carbocycles. The summed E-state index contributed by atoms with van der Waals surface area (Å²) in [4.78, 5) is 9.11. The average Bonchev–Trinajstić information content (AvgIpc) is 3.02. The highest BCUT2D eigenvalue weighted by atomic mass is 35.5. The number of aliphatic hydroxyl groups excluding tert-OH is 1. The van der Waals surface area contributed by atoms with Crippen LogP contribution in [0.2, 0.25) is 5.02 Å². The van der Waals surface area contributed by atoms with Crippen LogP contribution in [0.5, 0.6) is 5.75 Å². The minimum Gasteiger partial charge on any atom is -0.508 e. The number of ether oxygens (including phenoxy) is 2. The number of pyridine rings is 1. The molecule has 1 fully saturated rings. The molecule has 0 atom stereocenters. The fourth-order valence-electron chi connectivity index (χ4n) is 5.14. The minimum absolute atomic E-state index is 0.00189. The van der Waals surface area contributed by atoms with E-state index in [1.807, 2.05) is 86.9 Å². The molecular weight excluding hydrogens is 558 g/mol. The number of aliphatic hydroxyl groups is 1. The molecule has 0 spiro atoms. The van der Waals surface area contributed by atoms with Crippen LogP contribution in [0.25, 0.3) is 11.3 Å². The smallest absolute Gasteiger partial charge is 0.119 e. The van der Waals surface area contributed by atoms with Crippen LogP contribution in [-0.2, 0) is 4.74 Å². The molecule has 0 aliphatic carbocycles. The van der Waals surface area contributed by atoms with E-state index in [0.29, 0.717) is 24.7 Å². The summed E-state index contributed by atoms with van der Waals surface area (Å²) in [5.41, 5.74) is 7.05. The summed E-state index contributed by atoms with van der Waals surface area (Å²) in [5.74, 6) is 1.03. The van der Waals surface area contributed by atoms with Crippen molar-refractivity contribution in [2.24, 2.45) is 5.41 Å². The molecule has 0 saturated carbocycles. The SMILES string of the molecule is C=C(c1cc(/C(O)=C/CC)cc(N(CC2(C)COC2)c2ccc(OC)cc2)c1)c1ccc(N(C)c2ccc(Cl)cc2)cn1. The third kappa shape index (κ3) is 6.87. The standard InChI is InChI=1S/C36H38ClN3O3/c1-6-7-35(41)27-18-26(25(2)34-17-14-31(21-38-34)39(4)29-10-8-28(37)9-11-29)19-32(20-27)40(22-36(3)23-43-24-36)30-12-15-33(42-5)16-13-30/h7-21,41H,2,6,22-24H2,1,3-5H3/b35-7-. The largest absolute Gasteiger partial charge is 0.508 e. The Balaban J connectivity index is 1.52. The molecule has 5 rings (SSSR count). The van der Waals surface area contributed by atoms with Crippen molar-refractivity contribution >= 4 is 45.7 Å². The topological polar surface area (TPSA) is 58.1 Å². The van der Waals surface area contributed by atoms with Gasteiger partial charge in [-0.3, -0.25) is 4.98 Å². The second kappa shape index (κ2) is 12.9. The zero-order valence-electron chi connectivity index (χ0n) is 25.2. The van der Waals surface area contributed by atoms with Gasteiger partial charge in [0.05, 0.1) is 37.9 Å². The van der Waals surface area contributed by atoms with Crippen LogP contribution < -0.4 is 14.5 Å². The maximum absolute atomic E-state index is 11.0. The van der Waals surface area contributed by atoms with Gasteiger partial charge in [-0.1, -0.05) is 32.0 Å². The fraction of sp³-hybridized carbons (Fsp3) is 0.250. The van der Waals surface area contributed by atoms with E-state index < -0.39 is 0 Å². The number of rotatable bonds is 11. The third-order valence-corrected chi connectivity index (χ3v) is 8.01. The van der Waals surface area contributed by atoms with Gasteiger partial charge in [-0.05, 0) is 96.9 Å². The Morgan fingerprint density at radius 1 is 0.977 bits per heavy atom. The number of allylic oxidation sites excluding steroid dienone is 1. The van der Waals surface area contributed by atoms with Crippen LogP contribution in [0.3, 0.4) is 0 Å². The highest BCUT2D eigenvalue weighted by Gasteiger charge is 2.36. The summed E-state index contributed by atoms with van der Waals surface area (Å²) in [7, 11) is 3.66.